The molecule has 5 rings (SSSR count). The number of imide groups is 1. The summed E-state index contributed by atoms with van der Waals surface area (Å²) in [6.07, 6.45) is 1.08. The second-order valence-corrected chi connectivity index (χ2v) is 9.56. The summed E-state index contributed by atoms with van der Waals surface area (Å²) in [7, 11) is 0. The zero-order valence-corrected chi connectivity index (χ0v) is 19.6. The molecular formula is C25H25ClN4O4. The van der Waals surface area contributed by atoms with E-state index in [1.807, 2.05) is 19.1 Å². The molecule has 0 saturated carbocycles. The first-order valence-electron chi connectivity index (χ1n) is 11.3. The Morgan fingerprint density at radius 1 is 1.12 bits per heavy atom. The third-order valence-electron chi connectivity index (χ3n) is 7.39. The van der Waals surface area contributed by atoms with Gasteiger partial charge in [-0.25, -0.2) is 4.90 Å². The molecule has 3 aliphatic heterocycles. The standard InChI is InChI=1S/C25H25ClN4O4/c1-3-13-4-6-14(7-5-13)30-22(32)19-17(10-11-18(27)31)29-25(20(19)23(30)33)15-8-9-16(26)12(2)21(15)28-24(25)34/h4-9,17,19-20,29H,3,10-11H2,1-2H3,(H2,27,31)(H,28,34)/t17?,19-,20+,25?/m1/s1. The number of hydrogen-bond donors (Lipinski definition) is 3. The molecule has 0 aromatic heterocycles. The number of halogens is 1. The number of carbonyl (C=O) groups is 4. The lowest BCUT2D eigenvalue weighted by Crippen LogP contribution is -2.53. The van der Waals surface area contributed by atoms with Gasteiger partial charge in [-0.15, -0.1) is 0 Å². The van der Waals surface area contributed by atoms with Crippen molar-refractivity contribution in [3.05, 3.63) is 58.1 Å². The van der Waals surface area contributed by atoms with Crippen LogP contribution < -0.4 is 21.3 Å². The average molecular weight is 481 g/mol. The lowest BCUT2D eigenvalue weighted by molar-refractivity contribution is -0.130. The zero-order chi connectivity index (χ0) is 24.4. The topological polar surface area (TPSA) is 122 Å². The molecular weight excluding hydrogens is 456 g/mol. The van der Waals surface area contributed by atoms with E-state index in [0.717, 1.165) is 12.0 Å². The minimum absolute atomic E-state index is 0.0256. The van der Waals surface area contributed by atoms with Crippen molar-refractivity contribution in [1.29, 1.82) is 0 Å². The number of anilines is 2. The number of hydrogen-bond acceptors (Lipinski definition) is 5. The summed E-state index contributed by atoms with van der Waals surface area (Å²) >= 11 is 6.29. The summed E-state index contributed by atoms with van der Waals surface area (Å²) < 4.78 is 0. The number of aryl methyl sites for hydroxylation is 1. The Balaban J connectivity index is 1.64. The van der Waals surface area contributed by atoms with Crippen LogP contribution in [0.2, 0.25) is 5.02 Å². The number of carbonyl (C=O) groups excluding carboxylic acids is 4. The molecule has 2 fully saturated rings. The Kier molecular flexibility index (Phi) is 5.26. The van der Waals surface area contributed by atoms with Gasteiger partial charge in [0.1, 0.15) is 5.54 Å². The van der Waals surface area contributed by atoms with Crippen LogP contribution in [0.5, 0.6) is 0 Å². The summed E-state index contributed by atoms with van der Waals surface area (Å²) in [5.74, 6) is -3.53. The van der Waals surface area contributed by atoms with E-state index in [9.17, 15) is 19.2 Å². The number of primary amides is 1. The van der Waals surface area contributed by atoms with Crippen molar-refractivity contribution in [2.75, 3.05) is 10.2 Å². The van der Waals surface area contributed by atoms with Crippen molar-refractivity contribution >= 4 is 46.6 Å². The highest BCUT2D eigenvalue weighted by Crippen LogP contribution is 2.55. The number of nitrogens with one attached hydrogen (secondary N) is 2. The van der Waals surface area contributed by atoms with Crippen molar-refractivity contribution in [2.24, 2.45) is 17.6 Å². The molecule has 176 valence electrons. The molecule has 3 aliphatic rings. The number of nitrogens with zero attached hydrogens (tertiary/aromatic N) is 1. The maximum absolute atomic E-state index is 13.9. The van der Waals surface area contributed by atoms with Crippen molar-refractivity contribution < 1.29 is 19.2 Å². The highest BCUT2D eigenvalue weighted by atomic mass is 35.5. The molecule has 2 saturated heterocycles. The van der Waals surface area contributed by atoms with E-state index < -0.39 is 41.1 Å². The Morgan fingerprint density at radius 3 is 2.47 bits per heavy atom. The summed E-state index contributed by atoms with van der Waals surface area (Å²) in [5.41, 5.74) is 7.30. The van der Waals surface area contributed by atoms with Gasteiger partial charge >= 0.3 is 0 Å². The fourth-order valence-electron chi connectivity index (χ4n) is 5.67. The molecule has 4 amide bonds. The predicted octanol–water partition coefficient (Wildman–Crippen LogP) is 2.40. The molecule has 2 aromatic carbocycles. The van der Waals surface area contributed by atoms with Crippen molar-refractivity contribution in [3.8, 4) is 0 Å². The molecule has 1 spiro atoms. The summed E-state index contributed by atoms with van der Waals surface area (Å²) in [6, 6.07) is 10.1. The lowest BCUT2D eigenvalue weighted by Gasteiger charge is -2.29. The summed E-state index contributed by atoms with van der Waals surface area (Å²) in [5, 5.41) is 6.67. The van der Waals surface area contributed by atoms with Crippen LogP contribution in [-0.2, 0) is 31.1 Å². The van der Waals surface area contributed by atoms with Crippen molar-refractivity contribution in [1.82, 2.24) is 5.32 Å². The van der Waals surface area contributed by atoms with Gasteiger partial charge < -0.3 is 11.1 Å². The monoisotopic (exact) mass is 480 g/mol. The molecule has 0 radical (unpaired) electrons. The number of fused-ring (bicyclic) bond motifs is 4. The maximum atomic E-state index is 13.9. The van der Waals surface area contributed by atoms with Gasteiger partial charge in [0.2, 0.25) is 23.6 Å². The van der Waals surface area contributed by atoms with Gasteiger partial charge in [-0.05, 0) is 49.1 Å². The molecule has 9 heteroatoms. The Morgan fingerprint density at radius 2 is 1.82 bits per heavy atom. The first-order chi connectivity index (χ1) is 16.2. The SMILES string of the molecule is CCc1ccc(N2C(=O)[C@@H]3C(CCC(N)=O)NC4(C(=O)Nc5c4ccc(Cl)c5C)[C@@H]3C2=O)cc1. The third kappa shape index (κ3) is 3.02. The Labute approximate surface area is 201 Å². The van der Waals surface area contributed by atoms with Crippen LogP contribution in [-0.4, -0.2) is 29.7 Å². The number of amides is 4. The molecule has 3 heterocycles. The first-order valence-corrected chi connectivity index (χ1v) is 11.7. The molecule has 0 bridgehead atoms. The van der Waals surface area contributed by atoms with Gasteiger partial charge in [-0.2, -0.15) is 0 Å². The summed E-state index contributed by atoms with van der Waals surface area (Å²) in [6.45, 7) is 3.81. The minimum atomic E-state index is -1.44. The predicted molar refractivity (Wildman–Crippen MR) is 127 cm³/mol. The molecule has 0 aliphatic carbocycles. The van der Waals surface area contributed by atoms with E-state index in [0.29, 0.717) is 27.5 Å². The number of benzene rings is 2. The zero-order valence-electron chi connectivity index (χ0n) is 18.9. The number of nitrogens with two attached hydrogens (primary N) is 1. The number of rotatable bonds is 5. The van der Waals surface area contributed by atoms with Crippen LogP contribution in [0.4, 0.5) is 11.4 Å². The quantitative estimate of drug-likeness (QED) is 0.567. The van der Waals surface area contributed by atoms with E-state index in [4.69, 9.17) is 17.3 Å². The molecule has 8 nitrogen and oxygen atoms in total. The smallest absolute Gasteiger partial charge is 0.250 e. The molecule has 2 aromatic rings. The molecule has 34 heavy (non-hydrogen) atoms. The lowest BCUT2D eigenvalue weighted by atomic mass is 9.76. The minimum Gasteiger partial charge on any atom is -0.370 e. The van der Waals surface area contributed by atoms with Crippen LogP contribution in [0.1, 0.15) is 36.5 Å². The van der Waals surface area contributed by atoms with E-state index >= 15 is 0 Å². The van der Waals surface area contributed by atoms with E-state index in [2.05, 4.69) is 10.6 Å². The largest absolute Gasteiger partial charge is 0.370 e. The van der Waals surface area contributed by atoms with Crippen LogP contribution >= 0.6 is 11.6 Å². The van der Waals surface area contributed by atoms with Crippen molar-refractivity contribution in [2.45, 2.75) is 44.7 Å². The van der Waals surface area contributed by atoms with Crippen molar-refractivity contribution in [3.63, 3.8) is 0 Å². The third-order valence-corrected chi connectivity index (χ3v) is 7.80. The van der Waals surface area contributed by atoms with Crippen LogP contribution in [0.15, 0.2) is 36.4 Å². The Hall–Kier alpha value is -3.23. The van der Waals surface area contributed by atoms with E-state index in [1.165, 1.54) is 4.90 Å². The van der Waals surface area contributed by atoms with Crippen LogP contribution in [0.3, 0.4) is 0 Å². The van der Waals surface area contributed by atoms with Gasteiger partial charge in [-0.3, -0.25) is 24.5 Å². The molecule has 4 N–H and O–H groups in total. The maximum Gasteiger partial charge on any atom is 0.250 e. The first kappa shape index (κ1) is 22.6. The average Bonchev–Trinajstić information content (AvgIpc) is 3.40. The highest BCUT2D eigenvalue weighted by molar-refractivity contribution is 6.32. The fourth-order valence-corrected chi connectivity index (χ4v) is 5.83. The van der Waals surface area contributed by atoms with Crippen LogP contribution in [0.25, 0.3) is 0 Å². The van der Waals surface area contributed by atoms with Crippen LogP contribution in [0, 0.1) is 18.8 Å². The van der Waals surface area contributed by atoms with Gasteiger partial charge in [0.25, 0.3) is 0 Å². The normalized spacial score (nSPS) is 27.3. The Bertz CT molecular complexity index is 1240. The van der Waals surface area contributed by atoms with E-state index in [1.54, 1.807) is 31.2 Å². The van der Waals surface area contributed by atoms with Gasteiger partial charge in [0, 0.05) is 23.0 Å². The van der Waals surface area contributed by atoms with Gasteiger partial charge in [0.15, 0.2) is 0 Å². The molecule has 2 unspecified atom stereocenters. The van der Waals surface area contributed by atoms with E-state index in [-0.39, 0.29) is 18.7 Å². The second-order valence-electron chi connectivity index (χ2n) is 9.15. The second kappa shape index (κ2) is 7.92. The van der Waals surface area contributed by atoms with Gasteiger partial charge in [-0.1, -0.05) is 36.7 Å². The highest BCUT2D eigenvalue weighted by Gasteiger charge is 2.70. The molecule has 4 atom stereocenters. The van der Waals surface area contributed by atoms with Gasteiger partial charge in [0.05, 0.1) is 23.2 Å². The summed E-state index contributed by atoms with van der Waals surface area (Å²) in [4.78, 5) is 53.8. The fraction of sp³-hybridized carbons (Fsp3) is 0.360.